The molecule has 0 aliphatic heterocycles. The van der Waals surface area contributed by atoms with Crippen LogP contribution in [0.15, 0.2) is 40.0 Å². The first-order valence-corrected chi connectivity index (χ1v) is 8.69. The van der Waals surface area contributed by atoms with Crippen LogP contribution in [-0.4, -0.2) is 25.5 Å². The summed E-state index contributed by atoms with van der Waals surface area (Å²) in [5, 5.41) is 3.66. The third-order valence-corrected chi connectivity index (χ3v) is 5.13. The highest BCUT2D eigenvalue weighted by Gasteiger charge is 2.12. The van der Waals surface area contributed by atoms with E-state index in [0.717, 1.165) is 21.2 Å². The third kappa shape index (κ3) is 4.76. The number of methoxy groups -OCH3 is 1. The van der Waals surface area contributed by atoms with Gasteiger partial charge in [-0.25, -0.2) is 4.79 Å². The molecule has 7 heteroatoms. The van der Waals surface area contributed by atoms with Crippen molar-refractivity contribution in [1.82, 2.24) is 0 Å². The normalized spacial score (nSPS) is 11.2. The van der Waals surface area contributed by atoms with E-state index in [2.05, 4.69) is 21.1 Å². The molecule has 0 aliphatic rings. The van der Waals surface area contributed by atoms with E-state index in [-0.39, 0.29) is 12.4 Å². The van der Waals surface area contributed by atoms with Gasteiger partial charge in [0, 0.05) is 10.0 Å². The van der Waals surface area contributed by atoms with Crippen molar-refractivity contribution in [2.45, 2.75) is 20.8 Å². The topological polar surface area (TPSA) is 83.1 Å². The monoisotopic (exact) mass is 420 g/mol. The van der Waals surface area contributed by atoms with Crippen molar-refractivity contribution in [3.05, 3.63) is 57.1 Å². The molecule has 6 nitrogen and oxygen atoms in total. The van der Waals surface area contributed by atoms with Gasteiger partial charge in [0.2, 0.25) is 0 Å². The van der Waals surface area contributed by atoms with Crippen LogP contribution < -0.4 is 15.2 Å². The Labute approximate surface area is 161 Å². The molecule has 0 atom stereocenters. The largest absolute Gasteiger partial charge is 0.497 e. The van der Waals surface area contributed by atoms with Crippen LogP contribution in [0.5, 0.6) is 11.5 Å². The van der Waals surface area contributed by atoms with Crippen LogP contribution in [0.2, 0.25) is 0 Å². The van der Waals surface area contributed by atoms with E-state index >= 15 is 0 Å². The van der Waals surface area contributed by atoms with E-state index in [4.69, 9.17) is 20.0 Å². The van der Waals surface area contributed by atoms with Crippen LogP contribution in [0.1, 0.15) is 22.3 Å². The first-order chi connectivity index (χ1) is 12.3. The van der Waals surface area contributed by atoms with Gasteiger partial charge in [-0.1, -0.05) is 33.2 Å². The molecule has 2 rings (SSSR count). The molecule has 0 saturated heterocycles. The lowest BCUT2D eigenvalue weighted by Gasteiger charge is -2.13. The molecule has 0 radical (unpaired) electrons. The lowest BCUT2D eigenvalue weighted by Crippen LogP contribution is -2.18. The van der Waals surface area contributed by atoms with E-state index in [1.54, 1.807) is 31.4 Å². The average molecular weight is 421 g/mol. The summed E-state index contributed by atoms with van der Waals surface area (Å²) in [6.45, 7) is 5.60. The number of carbonyl (C=O) groups is 1. The van der Waals surface area contributed by atoms with Crippen LogP contribution >= 0.6 is 15.9 Å². The number of nitrogens with two attached hydrogens (primary N) is 1. The molecule has 0 fully saturated rings. The molecule has 0 aliphatic carbocycles. The van der Waals surface area contributed by atoms with E-state index in [1.807, 2.05) is 26.8 Å². The summed E-state index contributed by atoms with van der Waals surface area (Å²) in [7, 11) is 1.55. The second kappa shape index (κ2) is 8.71. The lowest BCUT2D eigenvalue weighted by molar-refractivity contribution is -0.146. The molecular weight excluding hydrogens is 400 g/mol. The first kappa shape index (κ1) is 19.8. The highest BCUT2D eigenvalue weighted by molar-refractivity contribution is 9.10. The third-order valence-electron chi connectivity index (χ3n) is 3.91. The predicted molar refractivity (Wildman–Crippen MR) is 104 cm³/mol. The van der Waals surface area contributed by atoms with Crippen molar-refractivity contribution in [1.29, 1.82) is 0 Å². The highest BCUT2D eigenvalue weighted by atomic mass is 79.9. The quantitative estimate of drug-likeness (QED) is 0.333. The Morgan fingerprint density at radius 2 is 1.92 bits per heavy atom. The molecule has 26 heavy (non-hydrogen) atoms. The Balaban J connectivity index is 1.99. The first-order valence-electron chi connectivity index (χ1n) is 7.90. The molecule has 2 aromatic rings. The van der Waals surface area contributed by atoms with E-state index in [1.165, 1.54) is 0 Å². The maximum absolute atomic E-state index is 11.9. The Morgan fingerprint density at radius 3 is 2.62 bits per heavy atom. The summed E-state index contributed by atoms with van der Waals surface area (Å²) in [6, 6.07) is 8.85. The number of rotatable bonds is 6. The van der Waals surface area contributed by atoms with E-state index in [9.17, 15) is 4.79 Å². The molecule has 2 N–H and O–H groups in total. The molecule has 0 aromatic heterocycles. The summed E-state index contributed by atoms with van der Waals surface area (Å²) >= 11 is 3.53. The minimum absolute atomic E-state index is 0.0729. The van der Waals surface area contributed by atoms with E-state index in [0.29, 0.717) is 17.1 Å². The summed E-state index contributed by atoms with van der Waals surface area (Å²) in [5.74, 6) is 0.689. The van der Waals surface area contributed by atoms with Crippen molar-refractivity contribution in [2.75, 3.05) is 13.7 Å². The van der Waals surface area contributed by atoms with Gasteiger partial charge in [-0.15, -0.1) is 0 Å². The van der Waals surface area contributed by atoms with Crippen LogP contribution in [0.4, 0.5) is 0 Å². The van der Waals surface area contributed by atoms with Crippen molar-refractivity contribution in [3.63, 3.8) is 0 Å². The Kier molecular flexibility index (Phi) is 6.63. The smallest absolute Gasteiger partial charge is 0.372 e. The summed E-state index contributed by atoms with van der Waals surface area (Å²) < 4.78 is 11.7. The number of aryl methyl sites for hydroxylation is 1. The molecule has 0 amide bonds. The number of benzene rings is 2. The minimum atomic E-state index is -0.645. The second-order valence-corrected chi connectivity index (χ2v) is 6.51. The zero-order valence-electron chi connectivity index (χ0n) is 15.1. The van der Waals surface area contributed by atoms with Crippen molar-refractivity contribution in [2.24, 2.45) is 10.9 Å². The highest BCUT2D eigenvalue weighted by Crippen LogP contribution is 2.31. The number of hydrogen-bond donors (Lipinski definition) is 1. The standard InChI is InChI=1S/C19H21BrN2O4/c1-11-8-16(12(2)13(3)18(11)20)25-10-17(23)26-22-19(21)14-6-5-7-15(9-14)24-4/h5-9H,10H2,1-4H3,(H2,21,22). The summed E-state index contributed by atoms with van der Waals surface area (Å²) in [4.78, 5) is 16.7. The summed E-state index contributed by atoms with van der Waals surface area (Å²) in [6.07, 6.45) is 0. The maximum Gasteiger partial charge on any atom is 0.372 e. The van der Waals surface area contributed by atoms with Gasteiger partial charge in [-0.05, 0) is 55.7 Å². The van der Waals surface area contributed by atoms with Gasteiger partial charge in [-0.3, -0.25) is 0 Å². The van der Waals surface area contributed by atoms with Crippen LogP contribution in [0.3, 0.4) is 0 Å². The molecule has 138 valence electrons. The Morgan fingerprint density at radius 1 is 1.19 bits per heavy atom. The SMILES string of the molecule is COc1cccc(/C(N)=N/OC(=O)COc2cc(C)c(Br)c(C)c2C)c1. The predicted octanol–water partition coefficient (Wildman–Crippen LogP) is 3.63. The van der Waals surface area contributed by atoms with Gasteiger partial charge in [0.15, 0.2) is 12.4 Å². The van der Waals surface area contributed by atoms with Crippen molar-refractivity contribution < 1.29 is 19.1 Å². The minimum Gasteiger partial charge on any atom is -0.497 e. The van der Waals surface area contributed by atoms with Crippen molar-refractivity contribution in [3.8, 4) is 11.5 Å². The number of hydrogen-bond acceptors (Lipinski definition) is 5. The zero-order chi connectivity index (χ0) is 19.3. The number of amidine groups is 1. The maximum atomic E-state index is 11.9. The van der Waals surface area contributed by atoms with Crippen molar-refractivity contribution >= 4 is 27.7 Å². The molecule has 0 bridgehead atoms. The fourth-order valence-corrected chi connectivity index (χ4v) is 2.67. The van der Waals surface area contributed by atoms with E-state index < -0.39 is 5.97 Å². The Hall–Kier alpha value is -2.54. The van der Waals surface area contributed by atoms with Gasteiger partial charge >= 0.3 is 5.97 Å². The van der Waals surface area contributed by atoms with Crippen LogP contribution in [0.25, 0.3) is 0 Å². The summed E-state index contributed by atoms with van der Waals surface area (Å²) in [5.41, 5.74) is 9.46. The molecule has 2 aromatic carbocycles. The number of ether oxygens (including phenoxy) is 2. The molecular formula is C19H21BrN2O4. The molecule has 0 saturated carbocycles. The number of carbonyl (C=O) groups excluding carboxylic acids is 1. The van der Waals surface area contributed by atoms with Crippen LogP contribution in [0, 0.1) is 20.8 Å². The lowest BCUT2D eigenvalue weighted by atomic mass is 10.1. The average Bonchev–Trinajstić information content (AvgIpc) is 2.66. The van der Waals surface area contributed by atoms with Gasteiger partial charge in [0.05, 0.1) is 7.11 Å². The van der Waals surface area contributed by atoms with Gasteiger partial charge < -0.3 is 20.0 Å². The number of halogens is 1. The molecule has 0 heterocycles. The zero-order valence-corrected chi connectivity index (χ0v) is 16.7. The van der Waals surface area contributed by atoms with Crippen LogP contribution in [-0.2, 0) is 9.63 Å². The van der Waals surface area contributed by atoms with Gasteiger partial charge in [0.25, 0.3) is 0 Å². The Bertz CT molecular complexity index is 850. The second-order valence-electron chi connectivity index (χ2n) is 5.72. The number of oxime groups is 1. The fourth-order valence-electron chi connectivity index (χ4n) is 2.26. The molecule has 0 spiro atoms. The molecule has 0 unspecified atom stereocenters. The fraction of sp³-hybridized carbons (Fsp3) is 0.263. The van der Waals surface area contributed by atoms with Gasteiger partial charge in [-0.2, -0.15) is 0 Å². The van der Waals surface area contributed by atoms with Gasteiger partial charge in [0.1, 0.15) is 11.5 Å². The number of nitrogens with zero attached hydrogens (tertiary/aromatic N) is 1.